The molecule has 0 aliphatic carbocycles. The smallest absolute Gasteiger partial charge is 0.251 e. The second kappa shape index (κ2) is 16.8. The third-order valence-corrected chi connectivity index (χ3v) is 7.46. The lowest BCUT2D eigenvalue weighted by atomic mass is 10.1. The number of aromatic nitrogens is 2. The number of fused-ring (bicyclic) bond motifs is 16. The molecule has 0 saturated carbocycles. The number of halogens is 1. The van der Waals surface area contributed by atoms with E-state index in [1.807, 2.05) is 0 Å². The number of aryl methyl sites for hydroxylation is 1. The molecule has 13 heteroatoms. The minimum Gasteiger partial charge on any atom is -0.493 e. The van der Waals surface area contributed by atoms with Crippen molar-refractivity contribution < 1.29 is 33.0 Å². The highest BCUT2D eigenvalue weighted by Crippen LogP contribution is 2.34. The average Bonchev–Trinajstić information content (AvgIpc) is 3.07. The Morgan fingerprint density at radius 3 is 2.63 bits per heavy atom. The summed E-state index contributed by atoms with van der Waals surface area (Å²) in [6, 6.07) is 8.11. The number of ether oxygens (including phenoxy) is 2. The van der Waals surface area contributed by atoms with Gasteiger partial charge >= 0.3 is 0 Å². The number of amides is 4. The van der Waals surface area contributed by atoms with Crippen LogP contribution in [-0.4, -0.2) is 71.3 Å². The van der Waals surface area contributed by atoms with Crippen LogP contribution in [-0.2, 0) is 27.3 Å². The fourth-order valence-corrected chi connectivity index (χ4v) is 4.90. The molecule has 5 rings (SSSR count). The van der Waals surface area contributed by atoms with Crippen molar-refractivity contribution in [1.29, 1.82) is 0 Å². The van der Waals surface area contributed by atoms with Crippen molar-refractivity contribution in [1.82, 2.24) is 30.8 Å². The highest BCUT2D eigenvalue weighted by molar-refractivity contribution is 5.95. The molecular weight excluding hydrogens is 595 g/mol. The molecule has 3 aromatic rings. The highest BCUT2D eigenvalue weighted by atomic mass is 19.1. The van der Waals surface area contributed by atoms with Crippen LogP contribution in [0.5, 0.6) is 17.2 Å². The second-order valence-electron chi connectivity index (χ2n) is 10.8. The summed E-state index contributed by atoms with van der Waals surface area (Å²) in [6.07, 6.45) is 6.70. The van der Waals surface area contributed by atoms with Crippen molar-refractivity contribution in [3.8, 4) is 17.2 Å². The molecule has 1 aromatic heterocycles. The summed E-state index contributed by atoms with van der Waals surface area (Å²) in [5.74, 6) is -1.50. The fraction of sp³-hybridized carbons (Fsp3) is 0.394. The van der Waals surface area contributed by atoms with Gasteiger partial charge in [-0.1, -0.05) is 13.0 Å². The molecule has 3 heterocycles. The number of benzene rings is 2. The van der Waals surface area contributed by atoms with Gasteiger partial charge in [-0.3, -0.25) is 29.1 Å². The minimum absolute atomic E-state index is 0.0347. The molecule has 46 heavy (non-hydrogen) atoms. The quantitative estimate of drug-likeness (QED) is 0.387. The second-order valence-corrected chi connectivity index (χ2v) is 10.8. The Hall–Kier alpha value is -5.07. The Balaban J connectivity index is 1.51. The zero-order valence-electron chi connectivity index (χ0n) is 26.0. The lowest BCUT2D eigenvalue weighted by molar-refractivity contribution is -0.132. The molecule has 4 amide bonds. The first-order valence-corrected chi connectivity index (χ1v) is 15.3. The molecule has 244 valence electrons. The summed E-state index contributed by atoms with van der Waals surface area (Å²) in [5, 5.41) is 8.35. The van der Waals surface area contributed by atoms with Crippen LogP contribution in [0.1, 0.15) is 60.6 Å². The van der Waals surface area contributed by atoms with Gasteiger partial charge in [0.1, 0.15) is 6.04 Å². The summed E-state index contributed by atoms with van der Waals surface area (Å²) in [4.78, 5) is 61.7. The molecule has 2 aliphatic rings. The van der Waals surface area contributed by atoms with Crippen LogP contribution < -0.4 is 25.4 Å². The van der Waals surface area contributed by atoms with E-state index < -0.39 is 17.8 Å². The van der Waals surface area contributed by atoms with Crippen molar-refractivity contribution >= 4 is 23.6 Å². The van der Waals surface area contributed by atoms with Gasteiger partial charge in [-0.2, -0.15) is 0 Å². The van der Waals surface area contributed by atoms with E-state index in [1.54, 1.807) is 48.6 Å². The fourth-order valence-electron chi connectivity index (χ4n) is 4.90. The molecule has 0 radical (unpaired) electrons. The largest absolute Gasteiger partial charge is 0.493 e. The number of nitrogens with one attached hydrogen (secondary N) is 3. The van der Waals surface area contributed by atoms with Crippen LogP contribution in [0.3, 0.4) is 0 Å². The molecule has 0 unspecified atom stereocenters. The van der Waals surface area contributed by atoms with Gasteiger partial charge in [0.05, 0.1) is 12.8 Å². The third-order valence-electron chi connectivity index (χ3n) is 7.46. The molecule has 0 saturated heterocycles. The normalized spacial score (nSPS) is 16.9. The first-order valence-electron chi connectivity index (χ1n) is 15.3. The number of methoxy groups -OCH3 is 1. The van der Waals surface area contributed by atoms with Crippen molar-refractivity contribution in [2.45, 2.75) is 58.0 Å². The lowest BCUT2D eigenvalue weighted by Gasteiger charge is -2.23. The van der Waals surface area contributed by atoms with Gasteiger partial charge in [-0.05, 0) is 61.6 Å². The van der Waals surface area contributed by atoms with Gasteiger partial charge in [0.25, 0.3) is 5.91 Å². The minimum atomic E-state index is -0.769. The van der Waals surface area contributed by atoms with Gasteiger partial charge in [0, 0.05) is 63.2 Å². The Labute approximate surface area is 267 Å². The molecule has 12 nitrogen and oxygen atoms in total. The Morgan fingerprint density at radius 1 is 1.07 bits per heavy atom. The van der Waals surface area contributed by atoms with Gasteiger partial charge in [0.2, 0.25) is 17.7 Å². The van der Waals surface area contributed by atoms with Gasteiger partial charge in [0.15, 0.2) is 23.1 Å². The number of carbonyl (C=O) groups excluding carboxylic acids is 4. The van der Waals surface area contributed by atoms with Crippen LogP contribution in [0.15, 0.2) is 55.0 Å². The zero-order chi connectivity index (χ0) is 32.9. The summed E-state index contributed by atoms with van der Waals surface area (Å²) < 4.78 is 26.2. The maximum absolute atomic E-state index is 15.0. The molecule has 1 atom stereocenters. The highest BCUT2D eigenvalue weighted by Gasteiger charge is 2.21. The van der Waals surface area contributed by atoms with Crippen molar-refractivity contribution in [2.75, 3.05) is 26.7 Å². The number of rotatable bonds is 5. The van der Waals surface area contributed by atoms with E-state index in [4.69, 9.17) is 9.47 Å². The van der Waals surface area contributed by atoms with Crippen molar-refractivity contribution in [3.05, 3.63) is 77.6 Å². The van der Waals surface area contributed by atoms with E-state index in [-0.39, 0.29) is 60.7 Å². The summed E-state index contributed by atoms with van der Waals surface area (Å²) in [6.45, 7) is 2.77. The molecule has 2 aromatic carbocycles. The Morgan fingerprint density at radius 2 is 1.89 bits per heavy atom. The molecule has 4 bridgehead atoms. The Kier molecular flexibility index (Phi) is 12.4. The van der Waals surface area contributed by atoms with Crippen LogP contribution >= 0.6 is 0 Å². The summed E-state index contributed by atoms with van der Waals surface area (Å²) in [5.41, 5.74) is 1.47. The van der Waals surface area contributed by atoms with E-state index in [0.29, 0.717) is 55.8 Å². The van der Waals surface area contributed by atoms with E-state index in [9.17, 15) is 19.2 Å². The maximum atomic E-state index is 15.0. The molecule has 0 fully saturated rings. The monoisotopic (exact) mass is 634 g/mol. The first-order chi connectivity index (χ1) is 22.3. The van der Waals surface area contributed by atoms with E-state index in [1.165, 1.54) is 25.3 Å². The number of carbonyl (C=O) groups is 4. The van der Waals surface area contributed by atoms with Gasteiger partial charge < -0.3 is 30.3 Å². The predicted molar refractivity (Wildman–Crippen MR) is 167 cm³/mol. The zero-order valence-corrected chi connectivity index (χ0v) is 26.0. The molecule has 3 N–H and O–H groups in total. The Bertz CT molecular complexity index is 1520. The number of hydrogen-bond acceptors (Lipinski definition) is 8. The van der Waals surface area contributed by atoms with Gasteiger partial charge in [-0.25, -0.2) is 4.39 Å². The number of hydrogen-bond donors (Lipinski definition) is 3. The predicted octanol–water partition coefficient (Wildman–Crippen LogP) is 3.30. The van der Waals surface area contributed by atoms with E-state index in [2.05, 4.69) is 25.9 Å². The van der Waals surface area contributed by atoms with Crippen LogP contribution in [0.2, 0.25) is 0 Å². The summed E-state index contributed by atoms with van der Waals surface area (Å²) in [7, 11) is 1.44. The SMILES string of the molecule is CC[C@@H]1NC(=O)CCCN(C(=O)CCc2cnccn2)CCCNC(=O)c2ccc(OC)c(c2)Oc2ccc(cc2F)CNC1=O. The third kappa shape index (κ3) is 9.71. The van der Waals surface area contributed by atoms with Gasteiger partial charge in [-0.15, -0.1) is 0 Å². The molecule has 2 aliphatic heterocycles. The van der Waals surface area contributed by atoms with E-state index in [0.717, 1.165) is 0 Å². The topological polar surface area (TPSA) is 152 Å². The van der Waals surface area contributed by atoms with Crippen molar-refractivity contribution in [2.24, 2.45) is 0 Å². The molecule has 0 spiro atoms. The van der Waals surface area contributed by atoms with Crippen LogP contribution in [0, 0.1) is 5.82 Å². The maximum Gasteiger partial charge on any atom is 0.251 e. The average molecular weight is 635 g/mol. The number of nitrogens with zero attached hydrogens (tertiary/aromatic N) is 3. The van der Waals surface area contributed by atoms with Crippen LogP contribution in [0.4, 0.5) is 4.39 Å². The lowest BCUT2D eigenvalue weighted by Crippen LogP contribution is -2.46. The van der Waals surface area contributed by atoms with Crippen molar-refractivity contribution in [3.63, 3.8) is 0 Å². The standard InChI is InChI=1S/C33H39FN6O6/c1-3-26-33(44)38-20-22-7-10-27(25(34)18-22)46-29-19-23(8-11-28(29)45-2)32(43)37-13-5-17-40(16-4-6-30(41)39-26)31(42)12-9-24-21-35-14-15-36-24/h7-8,10-11,14-15,18-19,21,26H,3-6,9,12-13,16-17,20H2,1-2H3,(H,37,43)(H,38,44)(H,39,41)/t26-/m0/s1. The van der Waals surface area contributed by atoms with E-state index >= 15 is 4.39 Å². The summed E-state index contributed by atoms with van der Waals surface area (Å²) >= 11 is 0. The van der Waals surface area contributed by atoms with Crippen LogP contribution in [0.25, 0.3) is 0 Å². The molecular formula is C33H39FN6O6. The first kappa shape index (κ1) is 33.8.